The fourth-order valence-electron chi connectivity index (χ4n) is 3.04. The molecule has 3 rings (SSSR count). The molecule has 0 aromatic heterocycles. The molecule has 2 aromatic rings. The molecule has 162 valence electrons. The second kappa shape index (κ2) is 10.3. The fraction of sp³-hybridized carbons (Fsp3) is 0.0909. The van der Waals surface area contributed by atoms with Gasteiger partial charge in [0.05, 0.1) is 20.2 Å². The number of benzene rings is 2. The SMILES string of the molecule is C=CCc1cc(/C=C2\C(=O)NC(=S)N(c3cccc(Cl)c3Cl)C2=O)cc(Br)c1OCC#N. The molecule has 2 aromatic carbocycles. The van der Waals surface area contributed by atoms with Crippen LogP contribution in [0.25, 0.3) is 6.08 Å². The molecule has 10 heteroatoms. The average Bonchev–Trinajstić information content (AvgIpc) is 2.73. The van der Waals surface area contributed by atoms with E-state index in [2.05, 4.69) is 27.8 Å². The van der Waals surface area contributed by atoms with E-state index in [1.807, 2.05) is 6.07 Å². The molecule has 1 saturated heterocycles. The smallest absolute Gasteiger partial charge is 0.270 e. The zero-order valence-electron chi connectivity index (χ0n) is 16.3. The van der Waals surface area contributed by atoms with E-state index in [1.165, 1.54) is 6.08 Å². The Morgan fingerprint density at radius 3 is 2.75 bits per heavy atom. The van der Waals surface area contributed by atoms with Crippen molar-refractivity contribution in [2.45, 2.75) is 6.42 Å². The van der Waals surface area contributed by atoms with Crippen molar-refractivity contribution in [1.82, 2.24) is 5.32 Å². The monoisotopic (exact) mass is 549 g/mol. The third kappa shape index (κ3) is 4.87. The van der Waals surface area contributed by atoms with Crippen molar-refractivity contribution in [3.05, 3.63) is 74.2 Å². The van der Waals surface area contributed by atoms with Gasteiger partial charge in [-0.1, -0.05) is 35.3 Å². The molecule has 1 heterocycles. The Bertz CT molecular complexity index is 1220. The summed E-state index contributed by atoms with van der Waals surface area (Å²) in [5.74, 6) is -0.795. The highest BCUT2D eigenvalue weighted by Crippen LogP contribution is 2.35. The zero-order valence-corrected chi connectivity index (χ0v) is 20.2. The number of carbonyl (C=O) groups is 2. The second-order valence-electron chi connectivity index (χ2n) is 6.46. The molecular weight excluding hydrogens is 537 g/mol. The van der Waals surface area contributed by atoms with Gasteiger partial charge in [-0.25, -0.2) is 0 Å². The Labute approximate surface area is 208 Å². The molecule has 32 heavy (non-hydrogen) atoms. The van der Waals surface area contributed by atoms with Crippen LogP contribution in [0.4, 0.5) is 5.69 Å². The minimum Gasteiger partial charge on any atom is -0.477 e. The van der Waals surface area contributed by atoms with Gasteiger partial charge in [-0.2, -0.15) is 5.26 Å². The largest absolute Gasteiger partial charge is 0.477 e. The number of hydrogen-bond acceptors (Lipinski definition) is 5. The number of rotatable bonds is 6. The molecule has 0 spiro atoms. The maximum atomic E-state index is 13.2. The van der Waals surface area contributed by atoms with Crippen molar-refractivity contribution >= 4 is 80.0 Å². The van der Waals surface area contributed by atoms with Gasteiger partial charge >= 0.3 is 0 Å². The molecule has 0 unspecified atom stereocenters. The highest BCUT2D eigenvalue weighted by molar-refractivity contribution is 9.10. The summed E-state index contributed by atoms with van der Waals surface area (Å²) in [4.78, 5) is 27.0. The summed E-state index contributed by atoms with van der Waals surface area (Å²) in [7, 11) is 0. The van der Waals surface area contributed by atoms with Crippen molar-refractivity contribution in [2.75, 3.05) is 11.5 Å². The lowest BCUT2D eigenvalue weighted by atomic mass is 10.0. The Morgan fingerprint density at radius 1 is 1.31 bits per heavy atom. The minimum atomic E-state index is -0.644. The zero-order chi connectivity index (χ0) is 23.4. The van der Waals surface area contributed by atoms with Crippen molar-refractivity contribution in [2.24, 2.45) is 0 Å². The fourth-order valence-corrected chi connectivity index (χ4v) is 4.33. The van der Waals surface area contributed by atoms with Crippen LogP contribution in [0, 0.1) is 11.3 Å². The molecule has 1 aliphatic rings. The number of amides is 2. The van der Waals surface area contributed by atoms with Crippen LogP contribution >= 0.6 is 51.3 Å². The first-order valence-corrected chi connectivity index (χ1v) is 11.0. The summed E-state index contributed by atoms with van der Waals surface area (Å²) < 4.78 is 6.06. The summed E-state index contributed by atoms with van der Waals surface area (Å²) in [6, 6.07) is 10.1. The summed E-state index contributed by atoms with van der Waals surface area (Å²) in [5, 5.41) is 11.6. The van der Waals surface area contributed by atoms with Crippen LogP contribution in [0.1, 0.15) is 11.1 Å². The third-order valence-corrected chi connectivity index (χ3v) is 6.06. The molecule has 2 amide bonds. The van der Waals surface area contributed by atoms with Crippen LogP contribution in [-0.4, -0.2) is 23.5 Å². The maximum absolute atomic E-state index is 13.2. The Hall–Kier alpha value is -2.70. The number of hydrogen-bond donors (Lipinski definition) is 1. The molecule has 0 saturated carbocycles. The van der Waals surface area contributed by atoms with E-state index in [0.29, 0.717) is 22.2 Å². The van der Waals surface area contributed by atoms with Gasteiger partial charge in [0.25, 0.3) is 11.8 Å². The van der Waals surface area contributed by atoms with Crippen molar-refractivity contribution in [3.8, 4) is 11.8 Å². The van der Waals surface area contributed by atoms with Crippen LogP contribution in [-0.2, 0) is 16.0 Å². The highest BCUT2D eigenvalue weighted by Gasteiger charge is 2.35. The van der Waals surface area contributed by atoms with Crippen LogP contribution in [0.5, 0.6) is 5.75 Å². The quantitative estimate of drug-likeness (QED) is 0.231. The molecule has 0 atom stereocenters. The number of halogens is 3. The molecular formula is C22H14BrCl2N3O3S. The number of nitrogens with one attached hydrogen (secondary N) is 1. The van der Waals surface area contributed by atoms with E-state index in [-0.39, 0.29) is 33.0 Å². The van der Waals surface area contributed by atoms with Crippen molar-refractivity contribution in [3.63, 3.8) is 0 Å². The average molecular weight is 551 g/mol. The van der Waals surface area contributed by atoms with Gasteiger partial charge in [-0.3, -0.25) is 19.8 Å². The number of ether oxygens (including phenoxy) is 1. The van der Waals surface area contributed by atoms with Crippen molar-refractivity contribution in [1.29, 1.82) is 5.26 Å². The van der Waals surface area contributed by atoms with E-state index < -0.39 is 11.8 Å². The normalized spacial score (nSPS) is 14.9. The molecule has 0 radical (unpaired) electrons. The van der Waals surface area contributed by atoms with Gasteiger partial charge in [0.2, 0.25) is 0 Å². The first-order valence-electron chi connectivity index (χ1n) is 9.07. The van der Waals surface area contributed by atoms with Gasteiger partial charge < -0.3 is 4.74 Å². The van der Waals surface area contributed by atoms with E-state index in [1.54, 1.807) is 36.4 Å². The Kier molecular flexibility index (Phi) is 7.69. The topological polar surface area (TPSA) is 82.4 Å². The van der Waals surface area contributed by atoms with Crippen LogP contribution in [0.15, 0.2) is 53.0 Å². The standard InChI is InChI=1S/C22H14BrCl2N3O3S/c1-2-4-13-9-12(11-15(23)19(13)31-8-7-26)10-14-20(29)27-22(32)28(21(14)30)17-6-3-5-16(24)18(17)25/h2-3,5-6,9-11H,1,4,8H2,(H,27,29,32)/b14-10+. The number of carbonyl (C=O) groups excluding carboxylic acids is 2. The number of nitrogens with zero attached hydrogens (tertiary/aromatic N) is 2. The van der Waals surface area contributed by atoms with E-state index in [9.17, 15) is 9.59 Å². The Balaban J connectivity index is 2.07. The number of allylic oxidation sites excluding steroid dienone is 1. The first kappa shape index (κ1) is 24.0. The predicted molar refractivity (Wildman–Crippen MR) is 132 cm³/mol. The summed E-state index contributed by atoms with van der Waals surface area (Å²) in [5.41, 5.74) is 1.40. The Morgan fingerprint density at radius 2 is 2.06 bits per heavy atom. The number of nitriles is 1. The van der Waals surface area contributed by atoms with Crippen molar-refractivity contribution < 1.29 is 14.3 Å². The van der Waals surface area contributed by atoms with Crippen LogP contribution < -0.4 is 15.0 Å². The third-order valence-electron chi connectivity index (χ3n) is 4.37. The summed E-state index contributed by atoms with van der Waals surface area (Å²) in [6.07, 6.45) is 3.57. The lowest BCUT2D eigenvalue weighted by Crippen LogP contribution is -2.54. The van der Waals surface area contributed by atoms with Gasteiger partial charge in [-0.05, 0) is 76.0 Å². The minimum absolute atomic E-state index is 0.102. The molecule has 0 bridgehead atoms. The van der Waals surface area contributed by atoms with Gasteiger partial charge in [0.1, 0.15) is 17.4 Å². The molecule has 1 N–H and O–H groups in total. The summed E-state index contributed by atoms with van der Waals surface area (Å²) >= 11 is 21.0. The van der Waals surface area contributed by atoms with Crippen LogP contribution in [0.3, 0.4) is 0 Å². The highest BCUT2D eigenvalue weighted by atomic mass is 79.9. The van der Waals surface area contributed by atoms with Crippen LogP contribution in [0.2, 0.25) is 10.0 Å². The molecule has 1 fully saturated rings. The van der Waals surface area contributed by atoms with E-state index >= 15 is 0 Å². The summed E-state index contributed by atoms with van der Waals surface area (Å²) in [6.45, 7) is 3.60. The number of thiocarbonyl (C=S) groups is 1. The lowest BCUT2D eigenvalue weighted by molar-refractivity contribution is -0.122. The maximum Gasteiger partial charge on any atom is 0.270 e. The second-order valence-corrected chi connectivity index (χ2v) is 8.49. The van der Waals surface area contributed by atoms with Gasteiger partial charge in [0.15, 0.2) is 11.7 Å². The predicted octanol–water partition coefficient (Wildman–Crippen LogP) is 5.22. The molecule has 1 aliphatic heterocycles. The molecule has 0 aliphatic carbocycles. The first-order chi connectivity index (χ1) is 15.3. The lowest BCUT2D eigenvalue weighted by Gasteiger charge is -2.29. The number of anilines is 1. The van der Waals surface area contributed by atoms with Gasteiger partial charge in [0, 0.05) is 0 Å². The molecule has 6 nitrogen and oxygen atoms in total. The van der Waals surface area contributed by atoms with E-state index in [0.717, 1.165) is 10.5 Å². The van der Waals surface area contributed by atoms with Gasteiger partial charge in [-0.15, -0.1) is 6.58 Å². The van der Waals surface area contributed by atoms with E-state index in [4.69, 9.17) is 45.4 Å².